The van der Waals surface area contributed by atoms with Gasteiger partial charge in [0, 0.05) is 68.8 Å². The summed E-state index contributed by atoms with van der Waals surface area (Å²) in [6.45, 7) is 2.73. The maximum atomic E-state index is 14.4. The number of anilines is 2. The molecule has 4 atom stereocenters. The number of methoxy groups -OCH3 is 1. The Morgan fingerprint density at radius 1 is 1.16 bits per heavy atom. The van der Waals surface area contributed by atoms with Gasteiger partial charge in [-0.15, -0.1) is 0 Å². The minimum absolute atomic E-state index is 0.0169. The molecule has 2 aliphatic carbocycles. The third kappa shape index (κ3) is 4.33. The molecule has 8 rings (SSSR count). The maximum absolute atomic E-state index is 14.4. The van der Waals surface area contributed by atoms with Crippen molar-refractivity contribution in [1.82, 2.24) is 28.8 Å². The van der Waals surface area contributed by atoms with Crippen molar-refractivity contribution < 1.29 is 18.3 Å². The lowest BCUT2D eigenvalue weighted by atomic mass is 10.1. The normalized spacial score (nSPS) is 23.4. The molecule has 2 aromatic carbocycles. The summed E-state index contributed by atoms with van der Waals surface area (Å²) in [6, 6.07) is 11.5. The number of halogens is 2. The number of nitrogens with zero attached hydrogens (tertiary/aromatic N) is 6. The highest BCUT2D eigenvalue weighted by Gasteiger charge is 2.57. The molecule has 3 aliphatic rings. The molecule has 3 aromatic heterocycles. The van der Waals surface area contributed by atoms with Gasteiger partial charge in [0.15, 0.2) is 5.82 Å². The fourth-order valence-corrected chi connectivity index (χ4v) is 7.62. The topological polar surface area (TPSA) is 108 Å². The van der Waals surface area contributed by atoms with Crippen LogP contribution >= 0.6 is 0 Å². The van der Waals surface area contributed by atoms with E-state index in [4.69, 9.17) is 15.5 Å². The van der Waals surface area contributed by atoms with E-state index in [0.29, 0.717) is 40.8 Å². The second kappa shape index (κ2) is 9.77. The van der Waals surface area contributed by atoms with Crippen LogP contribution in [0, 0.1) is 18.8 Å². The van der Waals surface area contributed by atoms with Crippen LogP contribution in [0.1, 0.15) is 35.3 Å². The van der Waals surface area contributed by atoms with E-state index in [1.54, 1.807) is 23.9 Å². The molecule has 2 bridgehead atoms. The molecule has 1 saturated heterocycles. The number of aromatic nitrogens is 5. The van der Waals surface area contributed by atoms with Crippen LogP contribution in [0.25, 0.3) is 33.5 Å². The van der Waals surface area contributed by atoms with Crippen molar-refractivity contribution in [2.75, 3.05) is 19.0 Å². The van der Waals surface area contributed by atoms with Gasteiger partial charge in [0.25, 0.3) is 11.8 Å². The number of carbonyl (C=O) groups is 1. The minimum Gasteiger partial charge on any atom is -0.494 e. The van der Waals surface area contributed by atoms with Crippen molar-refractivity contribution in [2.45, 2.75) is 50.7 Å². The van der Waals surface area contributed by atoms with Gasteiger partial charge in [0.2, 0.25) is 0 Å². The second-order valence-electron chi connectivity index (χ2n) is 13.0. The monoisotopic (exact) mass is 614 g/mol. The number of rotatable bonds is 7. The molecule has 0 spiro atoms. The predicted molar refractivity (Wildman–Crippen MR) is 168 cm³/mol. The van der Waals surface area contributed by atoms with Gasteiger partial charge in [0.1, 0.15) is 11.3 Å². The standard InChI is InChI=1S/C33H36F2N8O2/c1-17-24(16-40(2)39-17)37-22-7-5-6-18-11-26(42(29(18)22)15-21-13-33(21,34)35)31-38-23-10-20(12-27(45-4)30(23)41(31)3)32(44)43-14-19-8-9-25(43)28(19)36/h5-7,10-12,16,19,21,25,28,37H,8-9,13-15,36H2,1-4H3/t19-,21?,25-,28-/m1/s1. The molecule has 2 saturated carbocycles. The van der Waals surface area contributed by atoms with E-state index in [1.807, 2.05) is 65.5 Å². The van der Waals surface area contributed by atoms with Gasteiger partial charge in [-0.25, -0.2) is 13.8 Å². The third-order valence-electron chi connectivity index (χ3n) is 10.1. The molecule has 234 valence electrons. The summed E-state index contributed by atoms with van der Waals surface area (Å²) in [5, 5.41) is 8.83. The first-order chi connectivity index (χ1) is 21.5. The number of hydrogen-bond acceptors (Lipinski definition) is 6. The van der Waals surface area contributed by atoms with Crippen molar-refractivity contribution in [2.24, 2.45) is 31.7 Å². The second-order valence-corrected chi connectivity index (χ2v) is 13.0. The molecule has 4 heterocycles. The van der Waals surface area contributed by atoms with Gasteiger partial charge in [0.05, 0.1) is 40.9 Å². The van der Waals surface area contributed by atoms with E-state index >= 15 is 0 Å². The average Bonchev–Trinajstić information content (AvgIpc) is 3.55. The smallest absolute Gasteiger partial charge is 0.254 e. The van der Waals surface area contributed by atoms with E-state index in [-0.39, 0.29) is 31.0 Å². The summed E-state index contributed by atoms with van der Waals surface area (Å²) in [4.78, 5) is 20.6. The zero-order valence-corrected chi connectivity index (χ0v) is 25.7. The number of imidazole rings is 1. The Labute approximate surface area is 258 Å². The molecule has 0 radical (unpaired) electrons. The van der Waals surface area contributed by atoms with E-state index in [9.17, 15) is 13.6 Å². The van der Waals surface area contributed by atoms with Crippen molar-refractivity contribution in [1.29, 1.82) is 0 Å². The van der Waals surface area contributed by atoms with Gasteiger partial charge in [-0.3, -0.25) is 9.48 Å². The average molecular weight is 615 g/mol. The quantitative estimate of drug-likeness (QED) is 0.261. The molecule has 45 heavy (non-hydrogen) atoms. The van der Waals surface area contributed by atoms with Crippen molar-refractivity contribution in [3.8, 4) is 17.3 Å². The van der Waals surface area contributed by atoms with E-state index in [2.05, 4.69) is 10.4 Å². The number of piperidine rings is 1. The van der Waals surface area contributed by atoms with Crippen LogP contribution in [0.2, 0.25) is 0 Å². The van der Waals surface area contributed by atoms with Gasteiger partial charge < -0.3 is 29.8 Å². The summed E-state index contributed by atoms with van der Waals surface area (Å²) in [5.74, 6) is -2.07. The Bertz CT molecular complexity index is 2010. The summed E-state index contributed by atoms with van der Waals surface area (Å²) in [5.41, 5.74) is 12.2. The molecule has 1 aliphatic heterocycles. The van der Waals surface area contributed by atoms with E-state index < -0.39 is 11.8 Å². The molecular weight excluding hydrogens is 578 g/mol. The number of likely N-dealkylation sites (tertiary alicyclic amines) is 1. The third-order valence-corrected chi connectivity index (χ3v) is 10.1. The number of alkyl halides is 2. The van der Waals surface area contributed by atoms with Crippen LogP contribution in [0.3, 0.4) is 0 Å². The van der Waals surface area contributed by atoms with Crippen molar-refractivity contribution in [3.63, 3.8) is 0 Å². The number of hydrogen-bond donors (Lipinski definition) is 2. The fraction of sp³-hybridized carbons (Fsp3) is 0.424. The van der Waals surface area contributed by atoms with E-state index in [1.165, 1.54) is 0 Å². The van der Waals surface area contributed by atoms with Crippen molar-refractivity contribution in [3.05, 3.63) is 53.9 Å². The van der Waals surface area contributed by atoms with Crippen LogP contribution in [-0.4, -0.2) is 66.4 Å². The Kier molecular flexibility index (Phi) is 6.09. The highest BCUT2D eigenvalue weighted by Crippen LogP contribution is 2.51. The molecule has 1 unspecified atom stereocenters. The van der Waals surface area contributed by atoms with Gasteiger partial charge in [-0.1, -0.05) is 12.1 Å². The Hall–Kier alpha value is -4.45. The highest BCUT2D eigenvalue weighted by atomic mass is 19.3. The molecule has 12 heteroatoms. The minimum atomic E-state index is -2.70. The van der Waals surface area contributed by atoms with Crippen LogP contribution in [0.4, 0.5) is 20.2 Å². The molecule has 3 N–H and O–H groups in total. The molecule has 5 aromatic rings. The number of para-hydroxylation sites is 1. The van der Waals surface area contributed by atoms with Crippen LogP contribution in [0.5, 0.6) is 5.75 Å². The zero-order chi connectivity index (χ0) is 31.4. The Balaban J connectivity index is 1.26. The summed E-state index contributed by atoms with van der Waals surface area (Å²) in [7, 11) is 5.32. The number of aryl methyl sites for hydroxylation is 3. The van der Waals surface area contributed by atoms with E-state index in [0.717, 1.165) is 46.3 Å². The maximum Gasteiger partial charge on any atom is 0.254 e. The SMILES string of the molecule is COc1cc(C(=O)N2C[C@H]3CC[C@@H]2[C@@H]3N)cc2nc(-c3cc4cccc(Nc5cn(C)nc5C)c4n3CC3CC3(F)F)n(C)c12. The Morgan fingerprint density at radius 2 is 1.96 bits per heavy atom. The molecular formula is C33H36F2N8O2. The predicted octanol–water partition coefficient (Wildman–Crippen LogP) is 5.21. The number of ether oxygens (including phenoxy) is 1. The largest absolute Gasteiger partial charge is 0.494 e. The number of fused-ring (bicyclic) bond motifs is 4. The number of amides is 1. The number of nitrogens with two attached hydrogens (primary N) is 1. The van der Waals surface area contributed by atoms with Gasteiger partial charge >= 0.3 is 0 Å². The van der Waals surface area contributed by atoms with Crippen LogP contribution in [0.15, 0.2) is 42.6 Å². The Morgan fingerprint density at radius 3 is 2.60 bits per heavy atom. The summed E-state index contributed by atoms with van der Waals surface area (Å²) >= 11 is 0. The molecule has 1 amide bonds. The number of carbonyl (C=O) groups excluding carboxylic acids is 1. The number of benzene rings is 2. The number of nitrogens with one attached hydrogen (secondary N) is 1. The summed E-state index contributed by atoms with van der Waals surface area (Å²) < 4.78 is 40.2. The lowest BCUT2D eigenvalue weighted by molar-refractivity contribution is 0.0700. The zero-order valence-electron chi connectivity index (χ0n) is 25.7. The first-order valence-electron chi connectivity index (χ1n) is 15.4. The van der Waals surface area contributed by atoms with Crippen LogP contribution < -0.4 is 15.8 Å². The lowest BCUT2D eigenvalue weighted by Crippen LogP contribution is -2.41. The first kappa shape index (κ1) is 28.1. The molecule has 10 nitrogen and oxygen atoms in total. The first-order valence-corrected chi connectivity index (χ1v) is 15.4. The summed E-state index contributed by atoms with van der Waals surface area (Å²) in [6.07, 6.45) is 3.73. The lowest BCUT2D eigenvalue weighted by Gasteiger charge is -2.27. The molecule has 3 fully saturated rings. The fourth-order valence-electron chi connectivity index (χ4n) is 7.62. The highest BCUT2D eigenvalue weighted by molar-refractivity contribution is 6.01. The van der Waals surface area contributed by atoms with Gasteiger partial charge in [-0.2, -0.15) is 5.10 Å². The van der Waals surface area contributed by atoms with Gasteiger partial charge in [-0.05, 0) is 49.9 Å². The van der Waals surface area contributed by atoms with Crippen molar-refractivity contribution >= 4 is 39.2 Å². The van der Waals surface area contributed by atoms with Crippen LogP contribution in [-0.2, 0) is 20.6 Å².